The van der Waals surface area contributed by atoms with Gasteiger partial charge in [-0.3, -0.25) is 9.59 Å². The Morgan fingerprint density at radius 3 is 2.33 bits per heavy atom. The fourth-order valence-electron chi connectivity index (χ4n) is 7.16. The van der Waals surface area contributed by atoms with Crippen molar-refractivity contribution in [3.8, 4) is 11.5 Å². The molecule has 17 nitrogen and oxygen atoms in total. The predicted octanol–water partition coefficient (Wildman–Crippen LogP) is -0.398. The first-order chi connectivity index (χ1) is 23.0. The van der Waals surface area contributed by atoms with Crippen molar-refractivity contribution in [1.29, 1.82) is 0 Å². The Morgan fingerprint density at radius 2 is 1.67 bits per heavy atom. The monoisotopic (exact) mass is 691 g/mol. The number of likely N-dealkylation sites (N-methyl/N-ethyl adjacent to an activating group) is 1. The molecule has 2 aliphatic carbocycles. The maximum absolute atomic E-state index is 13.4. The molecule has 1 spiro atoms. The van der Waals surface area contributed by atoms with Crippen molar-refractivity contribution in [2.75, 3.05) is 20.7 Å². The third-order valence-electron chi connectivity index (χ3n) is 9.59. The van der Waals surface area contributed by atoms with Crippen LogP contribution in [-0.4, -0.2) is 124 Å². The number of aliphatic hydroxyl groups is 2. The molecule has 266 valence electrons. The number of methoxy groups -OCH3 is 1. The normalized spacial score (nSPS) is 27.1. The summed E-state index contributed by atoms with van der Waals surface area (Å²) in [4.78, 5) is 75.3. The van der Waals surface area contributed by atoms with E-state index in [4.69, 9.17) is 33.9 Å². The molecule has 0 aromatic heterocycles. The van der Waals surface area contributed by atoms with Crippen LogP contribution in [0, 0.1) is 0 Å². The van der Waals surface area contributed by atoms with Crippen LogP contribution in [-0.2, 0) is 59.6 Å². The lowest BCUT2D eigenvalue weighted by Gasteiger charge is -2.61. The zero-order chi connectivity index (χ0) is 36.0. The van der Waals surface area contributed by atoms with Gasteiger partial charge in [-0.1, -0.05) is 6.07 Å². The Hall–Kier alpha value is -4.74. The highest BCUT2D eigenvalue weighted by atomic mass is 16.6. The number of carbonyl (C=O) groups excluding carboxylic acids is 4. The van der Waals surface area contributed by atoms with E-state index in [2.05, 4.69) is 9.64 Å². The van der Waals surface area contributed by atoms with Crippen molar-refractivity contribution in [2.45, 2.75) is 93.5 Å². The van der Waals surface area contributed by atoms with Crippen LogP contribution in [0.3, 0.4) is 0 Å². The fraction of sp³-hybridized carbons (Fsp3) is 0.562. The highest BCUT2D eigenvalue weighted by Gasteiger charge is 2.72. The summed E-state index contributed by atoms with van der Waals surface area (Å²) >= 11 is 0. The number of nitrogens with zero attached hydrogens (tertiary/aromatic N) is 1. The molecule has 2 aliphatic heterocycles. The molecular weight excluding hydrogens is 654 g/mol. The molecule has 0 saturated carbocycles. The zero-order valence-electron chi connectivity index (χ0n) is 27.1. The fourth-order valence-corrected chi connectivity index (χ4v) is 7.16. The predicted molar refractivity (Wildman–Crippen MR) is 159 cm³/mol. The quantitative estimate of drug-likeness (QED) is 0.152. The molecule has 17 heteroatoms. The maximum atomic E-state index is 13.4. The maximum Gasteiger partial charge on any atom is 0.348 e. The van der Waals surface area contributed by atoms with Gasteiger partial charge in [-0.15, -0.1) is 0 Å². The van der Waals surface area contributed by atoms with Crippen LogP contribution in [0.2, 0.25) is 0 Å². The lowest BCUT2D eigenvalue weighted by molar-refractivity contribution is -0.184. The van der Waals surface area contributed by atoms with Gasteiger partial charge in [0.15, 0.2) is 35.9 Å². The Labute approximate surface area is 279 Å². The molecular formula is C32H37NO16. The van der Waals surface area contributed by atoms with Gasteiger partial charge in [-0.25, -0.2) is 19.2 Å². The number of hydrogen-bond acceptors (Lipinski definition) is 15. The number of ether oxygens (including phenoxy) is 6. The second kappa shape index (κ2) is 13.3. The van der Waals surface area contributed by atoms with Crippen LogP contribution in [0.1, 0.15) is 50.7 Å². The number of carbonyl (C=O) groups is 6. The van der Waals surface area contributed by atoms with Crippen molar-refractivity contribution in [3.63, 3.8) is 0 Å². The van der Waals surface area contributed by atoms with E-state index in [1.54, 1.807) is 6.07 Å². The van der Waals surface area contributed by atoms with Crippen LogP contribution in [0.4, 0.5) is 0 Å². The van der Waals surface area contributed by atoms with E-state index in [0.717, 1.165) is 25.0 Å². The van der Waals surface area contributed by atoms with Crippen LogP contribution in [0.25, 0.3) is 0 Å². The molecule has 1 fully saturated rings. The largest absolute Gasteiger partial charge is 0.493 e. The van der Waals surface area contributed by atoms with Gasteiger partial charge < -0.3 is 53.7 Å². The smallest absolute Gasteiger partial charge is 0.348 e. The lowest BCUT2D eigenvalue weighted by Crippen LogP contribution is -2.74. The van der Waals surface area contributed by atoms with Crippen molar-refractivity contribution in [3.05, 3.63) is 35.1 Å². The number of hydrogen-bond donors (Lipinski definition) is 4. The Balaban J connectivity index is 1.38. The molecule has 2 heterocycles. The van der Waals surface area contributed by atoms with Gasteiger partial charge in [0.05, 0.1) is 31.0 Å². The number of piperidine rings is 1. The second-order valence-corrected chi connectivity index (χ2v) is 12.5. The number of carboxylic acids is 2. The lowest BCUT2D eigenvalue weighted by atomic mass is 9.50. The molecule has 0 radical (unpaired) electrons. The van der Waals surface area contributed by atoms with E-state index in [9.17, 15) is 39.0 Å². The number of aliphatic hydroxyl groups excluding tert-OH is 1. The SMILES string of the molecule is COc1ccc2c3c1O[C@H]1C(OC(=O)C[C@H](OC(=O)C[C@H](O)C(=O)O)C(=O)O[C@@H](C)C(=O)O[C@@H](C)C(=O)O)=CC[C@@]4(O)[C@H](C2)N(C)CC[C@]314. The molecule has 4 aliphatic rings. The first-order valence-electron chi connectivity index (χ1n) is 15.5. The van der Waals surface area contributed by atoms with Crippen LogP contribution in [0.5, 0.6) is 11.5 Å². The van der Waals surface area contributed by atoms with Crippen LogP contribution < -0.4 is 9.47 Å². The van der Waals surface area contributed by atoms with Crippen molar-refractivity contribution in [2.24, 2.45) is 0 Å². The van der Waals surface area contributed by atoms with E-state index in [-0.39, 0.29) is 18.2 Å². The van der Waals surface area contributed by atoms with Crippen molar-refractivity contribution < 1.29 is 77.6 Å². The summed E-state index contributed by atoms with van der Waals surface area (Å²) in [6.07, 6.45) is -8.05. The standard InChI is InChI=1S/C32H37NO16/c1-14(27(37)38)45-29(41)15(2)46-30(42)20(48-22(35)12-17(34)28(39)40)13-23(36)47-19-7-8-32(43)21-11-16-5-6-18(44-4)25-24(16)31(32,26(19)49-25)9-10-33(21)3/h5-7,14-15,17,20-21,26,34,43H,8-13H2,1-4H3,(H,37,38)(H,39,40)/t14-,15-,17-,20-,21-,26-,31-,32+/m0/s1. The minimum atomic E-state index is -2.19. The number of aliphatic carboxylic acids is 2. The molecule has 0 unspecified atom stereocenters. The van der Waals surface area contributed by atoms with Gasteiger partial charge in [0.1, 0.15) is 5.76 Å². The molecule has 49 heavy (non-hydrogen) atoms. The summed E-state index contributed by atoms with van der Waals surface area (Å²) in [5.74, 6) is -7.57. The van der Waals surface area contributed by atoms with Crippen LogP contribution >= 0.6 is 0 Å². The topological polar surface area (TPSA) is 242 Å². The Bertz CT molecular complexity index is 1610. The van der Waals surface area contributed by atoms with Gasteiger partial charge in [-0.05, 0) is 58.0 Å². The van der Waals surface area contributed by atoms with Crippen molar-refractivity contribution in [1.82, 2.24) is 4.90 Å². The summed E-state index contributed by atoms with van der Waals surface area (Å²) in [6, 6.07) is 3.41. The molecule has 1 aromatic rings. The number of likely N-dealkylation sites (tertiary alicyclic amines) is 1. The summed E-state index contributed by atoms with van der Waals surface area (Å²) in [5.41, 5.74) is -0.598. The minimum absolute atomic E-state index is 0.0310. The molecule has 8 atom stereocenters. The molecule has 1 aromatic carbocycles. The van der Waals surface area contributed by atoms with Gasteiger partial charge in [-0.2, -0.15) is 0 Å². The van der Waals surface area contributed by atoms with E-state index in [1.165, 1.54) is 13.2 Å². The second-order valence-electron chi connectivity index (χ2n) is 12.5. The molecule has 5 rings (SSSR count). The van der Waals surface area contributed by atoms with E-state index < -0.39 is 90.2 Å². The highest BCUT2D eigenvalue weighted by Crippen LogP contribution is 2.65. The van der Waals surface area contributed by atoms with Crippen molar-refractivity contribution >= 4 is 35.8 Å². The molecule has 4 N–H and O–H groups in total. The van der Waals surface area contributed by atoms with E-state index >= 15 is 0 Å². The Kier molecular flexibility index (Phi) is 9.64. The first-order valence-corrected chi connectivity index (χ1v) is 15.5. The summed E-state index contributed by atoms with van der Waals surface area (Å²) < 4.78 is 32.4. The molecule has 2 bridgehead atoms. The summed E-state index contributed by atoms with van der Waals surface area (Å²) in [5, 5.41) is 39.8. The number of carboxylic acid groups (broad SMARTS) is 2. The summed E-state index contributed by atoms with van der Waals surface area (Å²) in [7, 11) is 3.41. The third-order valence-corrected chi connectivity index (χ3v) is 9.59. The van der Waals surface area contributed by atoms with Crippen LogP contribution in [0.15, 0.2) is 24.0 Å². The number of benzene rings is 1. The van der Waals surface area contributed by atoms with Gasteiger partial charge in [0.25, 0.3) is 0 Å². The third kappa shape index (κ3) is 6.17. The van der Waals surface area contributed by atoms with E-state index in [1.807, 2.05) is 13.1 Å². The van der Waals surface area contributed by atoms with Gasteiger partial charge in [0, 0.05) is 18.0 Å². The number of rotatable bonds is 13. The summed E-state index contributed by atoms with van der Waals surface area (Å²) in [6.45, 7) is 2.71. The zero-order valence-corrected chi connectivity index (χ0v) is 27.1. The minimum Gasteiger partial charge on any atom is -0.493 e. The molecule has 0 amide bonds. The number of esters is 4. The Morgan fingerprint density at radius 1 is 0.980 bits per heavy atom. The van der Waals surface area contributed by atoms with Gasteiger partial charge in [0.2, 0.25) is 6.10 Å². The molecule has 1 saturated heterocycles. The first kappa shape index (κ1) is 35.6. The highest BCUT2D eigenvalue weighted by molar-refractivity contribution is 5.88. The van der Waals surface area contributed by atoms with E-state index in [0.29, 0.717) is 30.9 Å². The average Bonchev–Trinajstić information content (AvgIpc) is 3.39. The van der Waals surface area contributed by atoms with Gasteiger partial charge >= 0.3 is 35.8 Å². The average molecular weight is 692 g/mol.